The first kappa shape index (κ1) is 20.0. The smallest absolute Gasteiger partial charge is 0.249 e. The number of ether oxygens (including phenoxy) is 1. The molecule has 0 spiro atoms. The highest BCUT2D eigenvalue weighted by Gasteiger charge is 2.44. The minimum Gasteiger partial charge on any atom is -0.369 e. The van der Waals surface area contributed by atoms with Crippen molar-refractivity contribution in [2.75, 3.05) is 30.5 Å². The number of thiophene rings is 1. The molecule has 11 heteroatoms. The number of hydrogen-bond acceptors (Lipinski definition) is 9. The van der Waals surface area contributed by atoms with Gasteiger partial charge in [0.2, 0.25) is 11.9 Å². The number of thioether (sulfide) groups is 1. The summed E-state index contributed by atoms with van der Waals surface area (Å²) in [5, 5.41) is 16.5. The lowest BCUT2D eigenvalue weighted by molar-refractivity contribution is -0.127. The van der Waals surface area contributed by atoms with Crippen LogP contribution in [0, 0.1) is 0 Å². The molecular weight excluding hydrogens is 434 g/mol. The number of amides is 1. The van der Waals surface area contributed by atoms with Crippen LogP contribution in [-0.4, -0.2) is 56.7 Å². The van der Waals surface area contributed by atoms with Gasteiger partial charge in [0.15, 0.2) is 5.16 Å². The van der Waals surface area contributed by atoms with Gasteiger partial charge in [-0.1, -0.05) is 18.7 Å². The van der Waals surface area contributed by atoms with Crippen LogP contribution in [0.5, 0.6) is 0 Å². The third kappa shape index (κ3) is 3.12. The fourth-order valence-corrected chi connectivity index (χ4v) is 7.02. The third-order valence-electron chi connectivity index (χ3n) is 6.86. The van der Waals surface area contributed by atoms with Gasteiger partial charge in [0, 0.05) is 30.0 Å². The van der Waals surface area contributed by atoms with Gasteiger partial charge in [0.05, 0.1) is 24.6 Å². The molecule has 2 aromatic rings. The van der Waals surface area contributed by atoms with Gasteiger partial charge in [-0.05, 0) is 31.7 Å². The molecule has 2 N–H and O–H groups in total. The zero-order valence-corrected chi connectivity index (χ0v) is 19.4. The Labute approximate surface area is 189 Å². The van der Waals surface area contributed by atoms with Crippen molar-refractivity contribution in [3.05, 3.63) is 16.0 Å². The Morgan fingerprint density at radius 1 is 1.35 bits per heavy atom. The summed E-state index contributed by atoms with van der Waals surface area (Å²) in [5.41, 5.74) is 5.96. The van der Waals surface area contributed by atoms with E-state index in [0.29, 0.717) is 19.0 Å². The predicted octanol–water partition coefficient (Wildman–Crippen LogP) is 2.17. The van der Waals surface area contributed by atoms with Gasteiger partial charge in [-0.3, -0.25) is 15.1 Å². The number of nitrogens with one attached hydrogen (secondary N) is 2. The molecule has 166 valence electrons. The highest BCUT2D eigenvalue weighted by molar-refractivity contribution is 7.99. The first-order chi connectivity index (χ1) is 15.1. The van der Waals surface area contributed by atoms with E-state index in [1.807, 2.05) is 4.90 Å². The van der Waals surface area contributed by atoms with Crippen LogP contribution in [0.4, 0.5) is 5.95 Å². The number of anilines is 1. The summed E-state index contributed by atoms with van der Waals surface area (Å²) in [5.74, 6) is 1.36. The molecule has 4 aliphatic rings. The van der Waals surface area contributed by atoms with Crippen LogP contribution in [-0.2, 0) is 22.6 Å². The van der Waals surface area contributed by atoms with Gasteiger partial charge in [-0.15, -0.1) is 21.5 Å². The fourth-order valence-electron chi connectivity index (χ4n) is 4.86. The summed E-state index contributed by atoms with van der Waals surface area (Å²) in [7, 11) is 0. The van der Waals surface area contributed by atoms with Gasteiger partial charge in [0.25, 0.3) is 0 Å². The van der Waals surface area contributed by atoms with Gasteiger partial charge < -0.3 is 9.64 Å². The molecule has 1 amide bonds. The first-order valence-electron chi connectivity index (χ1n) is 11.0. The van der Waals surface area contributed by atoms with E-state index >= 15 is 0 Å². The Morgan fingerprint density at radius 3 is 3.00 bits per heavy atom. The average molecular weight is 462 g/mol. The topological polar surface area (TPSA) is 87.5 Å². The number of fused-ring (bicyclic) bond motifs is 8. The molecule has 2 atom stereocenters. The molecule has 2 aromatic heterocycles. The lowest BCUT2D eigenvalue weighted by Crippen LogP contribution is -2.40. The number of aromatic nitrogens is 3. The number of hydrazine groups is 1. The molecule has 0 aliphatic carbocycles. The fraction of sp³-hybridized carbons (Fsp3) is 0.650. The second-order valence-corrected chi connectivity index (χ2v) is 10.8. The van der Waals surface area contributed by atoms with Crippen molar-refractivity contribution >= 4 is 35.0 Å². The van der Waals surface area contributed by atoms with Crippen molar-refractivity contribution in [3.63, 3.8) is 0 Å². The van der Waals surface area contributed by atoms with E-state index in [9.17, 15) is 4.79 Å². The van der Waals surface area contributed by atoms with Crippen molar-refractivity contribution in [1.29, 1.82) is 0 Å². The minimum absolute atomic E-state index is 0.0370. The monoisotopic (exact) mass is 461 g/mol. The van der Waals surface area contributed by atoms with E-state index in [1.54, 1.807) is 11.3 Å². The summed E-state index contributed by atoms with van der Waals surface area (Å²) in [6.45, 7) is 7.47. The molecule has 4 aliphatic heterocycles. The van der Waals surface area contributed by atoms with Crippen molar-refractivity contribution in [3.8, 4) is 5.00 Å². The summed E-state index contributed by atoms with van der Waals surface area (Å²) >= 11 is 3.26. The molecule has 0 saturated carbocycles. The zero-order chi connectivity index (χ0) is 21.2. The molecule has 9 nitrogen and oxygen atoms in total. The van der Waals surface area contributed by atoms with Gasteiger partial charge in [0.1, 0.15) is 11.2 Å². The Balaban J connectivity index is 1.37. The Kier molecular flexibility index (Phi) is 4.80. The number of carbonyl (C=O) groups excluding carboxylic acids is 1. The van der Waals surface area contributed by atoms with Crippen LogP contribution in [0.2, 0.25) is 0 Å². The molecule has 2 fully saturated rings. The predicted molar refractivity (Wildman–Crippen MR) is 119 cm³/mol. The maximum atomic E-state index is 12.6. The summed E-state index contributed by atoms with van der Waals surface area (Å²) in [6, 6.07) is 0. The van der Waals surface area contributed by atoms with E-state index in [2.05, 4.69) is 44.4 Å². The van der Waals surface area contributed by atoms with E-state index < -0.39 is 0 Å². The van der Waals surface area contributed by atoms with Gasteiger partial charge in [-0.25, -0.2) is 9.99 Å². The Bertz CT molecular complexity index is 1030. The number of carbonyl (C=O) groups is 1. The number of rotatable bonds is 4. The Hall–Kier alpha value is -1.66. The maximum absolute atomic E-state index is 12.6. The van der Waals surface area contributed by atoms with Crippen LogP contribution in [0.25, 0.3) is 5.00 Å². The lowest BCUT2D eigenvalue weighted by atomic mass is 9.88. The normalized spacial score (nSPS) is 26.6. The van der Waals surface area contributed by atoms with E-state index in [0.717, 1.165) is 54.9 Å². The second kappa shape index (κ2) is 7.45. The molecule has 31 heavy (non-hydrogen) atoms. The van der Waals surface area contributed by atoms with Crippen LogP contribution in [0.15, 0.2) is 5.16 Å². The van der Waals surface area contributed by atoms with Gasteiger partial charge in [-0.2, -0.15) is 0 Å². The summed E-state index contributed by atoms with van der Waals surface area (Å²) in [4.78, 5) is 15.8. The molecule has 0 radical (unpaired) electrons. The minimum atomic E-state index is -0.133. The maximum Gasteiger partial charge on any atom is 0.249 e. The highest BCUT2D eigenvalue weighted by atomic mass is 32.2. The summed E-state index contributed by atoms with van der Waals surface area (Å²) in [6.07, 6.45) is 4.14. The zero-order valence-electron chi connectivity index (χ0n) is 17.8. The van der Waals surface area contributed by atoms with Crippen molar-refractivity contribution < 1.29 is 9.53 Å². The molecule has 6 rings (SSSR count). The van der Waals surface area contributed by atoms with E-state index in [4.69, 9.17) is 4.74 Å². The molecular formula is C20H27N7O2S2. The van der Waals surface area contributed by atoms with Crippen LogP contribution < -0.4 is 15.8 Å². The number of likely N-dealkylation sites (tertiary alicyclic amines) is 1. The van der Waals surface area contributed by atoms with Crippen molar-refractivity contribution in [2.24, 2.45) is 0 Å². The summed E-state index contributed by atoms with van der Waals surface area (Å²) < 4.78 is 8.36. The quantitative estimate of drug-likeness (QED) is 0.670. The Morgan fingerprint density at radius 2 is 2.19 bits per heavy atom. The molecule has 6 heterocycles. The number of nitrogens with zero attached hydrogens (tertiary/aromatic N) is 5. The first-order valence-corrected chi connectivity index (χ1v) is 12.8. The van der Waals surface area contributed by atoms with Crippen LogP contribution >= 0.6 is 23.1 Å². The highest BCUT2D eigenvalue weighted by Crippen LogP contribution is 2.49. The van der Waals surface area contributed by atoms with Crippen molar-refractivity contribution in [1.82, 2.24) is 30.4 Å². The van der Waals surface area contributed by atoms with Crippen LogP contribution in [0.3, 0.4) is 0 Å². The van der Waals surface area contributed by atoms with E-state index in [-0.39, 0.29) is 17.7 Å². The second-order valence-electron chi connectivity index (χ2n) is 8.80. The molecule has 1 unspecified atom stereocenters. The molecule has 2 saturated heterocycles. The number of hydrogen-bond donors (Lipinski definition) is 2. The third-order valence-corrected chi connectivity index (χ3v) is 8.98. The van der Waals surface area contributed by atoms with Gasteiger partial charge >= 0.3 is 0 Å². The van der Waals surface area contributed by atoms with E-state index in [1.165, 1.54) is 27.8 Å². The average Bonchev–Trinajstić information content (AvgIpc) is 3.56. The lowest BCUT2D eigenvalue weighted by Gasteiger charge is -2.35. The molecule has 0 bridgehead atoms. The van der Waals surface area contributed by atoms with Crippen LogP contribution in [0.1, 0.15) is 55.3 Å². The SMILES string of the molecule is CC[C@@]1(C)Cc2c(sc3c2C2NCNN2c2nnc(SCC(=O)N4CCCC4)n2-3)CO1. The standard InChI is InChI=1S/C20H27N7O2S2/c1-3-20(2)8-12-13(9-29-20)31-17-15(12)16-21-11-22-27(16)18-23-24-19(26(17)18)30-10-14(28)25-6-4-5-7-25/h16,21-22H,3-11H2,1-2H3/t16?,20-/m0/s1. The van der Waals surface area contributed by atoms with Crippen molar-refractivity contribution in [2.45, 2.75) is 63.1 Å². The molecule has 0 aromatic carbocycles. The largest absolute Gasteiger partial charge is 0.369 e.